The van der Waals surface area contributed by atoms with Gasteiger partial charge in [0.15, 0.2) is 0 Å². The highest BCUT2D eigenvalue weighted by Gasteiger charge is 2.11. The summed E-state index contributed by atoms with van der Waals surface area (Å²) < 4.78 is 0. The van der Waals surface area contributed by atoms with Crippen LogP contribution in [0.25, 0.3) is 0 Å². The topological polar surface area (TPSA) is 38.0 Å². The molecule has 3 N–H and O–H groups in total. The lowest BCUT2D eigenvalue weighted by atomic mass is 9.93. The molecule has 0 radical (unpaired) electrons. The molecule has 0 amide bonds. The van der Waals surface area contributed by atoms with Gasteiger partial charge < -0.3 is 0 Å². The number of nitrogens with two attached hydrogens (primary N) is 1. The molecule has 0 bridgehead atoms. The Morgan fingerprint density at radius 1 is 1.00 bits per heavy atom. The Balaban J connectivity index is 2.00. The van der Waals surface area contributed by atoms with Crippen LogP contribution in [0.15, 0.2) is 42.5 Å². The van der Waals surface area contributed by atoms with E-state index in [0.29, 0.717) is 6.04 Å². The largest absolute Gasteiger partial charge is 0.271 e. The Morgan fingerprint density at radius 3 is 2.29 bits per heavy atom. The molecule has 2 nitrogen and oxygen atoms in total. The van der Waals surface area contributed by atoms with E-state index in [9.17, 15) is 0 Å². The van der Waals surface area contributed by atoms with E-state index in [1.165, 1.54) is 27.8 Å². The van der Waals surface area contributed by atoms with Gasteiger partial charge in [-0.25, -0.2) is 0 Å². The van der Waals surface area contributed by atoms with E-state index in [0.717, 1.165) is 19.3 Å². The van der Waals surface area contributed by atoms with Crippen LogP contribution < -0.4 is 11.3 Å². The average molecular weight is 282 g/mol. The van der Waals surface area contributed by atoms with Crippen molar-refractivity contribution >= 4 is 0 Å². The van der Waals surface area contributed by atoms with Gasteiger partial charge in [0.05, 0.1) is 0 Å². The van der Waals surface area contributed by atoms with E-state index in [4.69, 9.17) is 5.84 Å². The third-order valence-corrected chi connectivity index (χ3v) is 4.19. The van der Waals surface area contributed by atoms with Gasteiger partial charge in [0, 0.05) is 6.04 Å². The van der Waals surface area contributed by atoms with E-state index < -0.39 is 0 Å². The number of aryl methyl sites for hydroxylation is 4. The maximum atomic E-state index is 5.76. The van der Waals surface area contributed by atoms with E-state index >= 15 is 0 Å². The van der Waals surface area contributed by atoms with Gasteiger partial charge in [-0.3, -0.25) is 11.3 Å². The molecule has 0 aliphatic carbocycles. The van der Waals surface area contributed by atoms with Crippen LogP contribution in [0.5, 0.6) is 0 Å². The van der Waals surface area contributed by atoms with Gasteiger partial charge >= 0.3 is 0 Å². The molecule has 0 saturated heterocycles. The molecular weight excluding hydrogens is 256 g/mol. The van der Waals surface area contributed by atoms with Crippen molar-refractivity contribution in [2.24, 2.45) is 5.84 Å². The number of nitrogens with one attached hydrogen (secondary N) is 1. The standard InChI is InChI=1S/C19H26N2/c1-14-6-4-9-17(12-14)10-11-18(21-20)13-19-15(2)7-5-8-16(19)3/h4-9,12,18,21H,10-11,13,20H2,1-3H3. The Hall–Kier alpha value is -1.64. The van der Waals surface area contributed by atoms with Crippen LogP contribution in [-0.4, -0.2) is 6.04 Å². The van der Waals surface area contributed by atoms with Crippen molar-refractivity contribution in [2.45, 2.75) is 46.1 Å². The molecule has 0 spiro atoms. The first kappa shape index (κ1) is 15.7. The van der Waals surface area contributed by atoms with Gasteiger partial charge in [-0.05, 0) is 62.3 Å². The van der Waals surface area contributed by atoms with Crippen LogP contribution in [0.4, 0.5) is 0 Å². The molecule has 112 valence electrons. The summed E-state index contributed by atoms with van der Waals surface area (Å²) >= 11 is 0. The highest BCUT2D eigenvalue weighted by Crippen LogP contribution is 2.17. The summed E-state index contributed by atoms with van der Waals surface area (Å²) in [6.45, 7) is 6.49. The van der Waals surface area contributed by atoms with Crippen molar-refractivity contribution < 1.29 is 0 Å². The third kappa shape index (κ3) is 4.42. The first-order valence-corrected chi connectivity index (χ1v) is 7.67. The summed E-state index contributed by atoms with van der Waals surface area (Å²) in [7, 11) is 0. The lowest BCUT2D eigenvalue weighted by molar-refractivity contribution is 0.490. The fourth-order valence-electron chi connectivity index (χ4n) is 2.87. The van der Waals surface area contributed by atoms with Gasteiger partial charge in [0.1, 0.15) is 0 Å². The van der Waals surface area contributed by atoms with Crippen molar-refractivity contribution in [3.63, 3.8) is 0 Å². The Labute approximate surface area is 128 Å². The maximum absolute atomic E-state index is 5.76. The number of hydrazine groups is 1. The zero-order valence-corrected chi connectivity index (χ0v) is 13.3. The minimum atomic E-state index is 0.310. The van der Waals surface area contributed by atoms with Crippen molar-refractivity contribution in [3.05, 3.63) is 70.3 Å². The summed E-state index contributed by atoms with van der Waals surface area (Å²) in [5.74, 6) is 5.76. The molecule has 21 heavy (non-hydrogen) atoms. The second-order valence-corrected chi connectivity index (χ2v) is 5.97. The van der Waals surface area contributed by atoms with Crippen LogP contribution in [0.2, 0.25) is 0 Å². The zero-order valence-electron chi connectivity index (χ0n) is 13.3. The summed E-state index contributed by atoms with van der Waals surface area (Å²) in [5, 5.41) is 0. The minimum Gasteiger partial charge on any atom is -0.271 e. The number of rotatable bonds is 6. The van der Waals surface area contributed by atoms with Crippen molar-refractivity contribution in [2.75, 3.05) is 0 Å². The predicted molar refractivity (Wildman–Crippen MR) is 90.2 cm³/mol. The van der Waals surface area contributed by atoms with E-state index in [1.807, 2.05) is 0 Å². The molecule has 2 aromatic rings. The molecule has 0 aliphatic heterocycles. The fourth-order valence-corrected chi connectivity index (χ4v) is 2.87. The minimum absolute atomic E-state index is 0.310. The molecule has 0 aromatic heterocycles. The predicted octanol–water partition coefficient (Wildman–Crippen LogP) is 3.62. The highest BCUT2D eigenvalue weighted by atomic mass is 15.2. The molecule has 2 rings (SSSR count). The normalized spacial score (nSPS) is 12.4. The van der Waals surface area contributed by atoms with Crippen LogP contribution in [-0.2, 0) is 12.8 Å². The number of benzene rings is 2. The molecule has 1 unspecified atom stereocenters. The summed E-state index contributed by atoms with van der Waals surface area (Å²) in [6, 6.07) is 15.5. The highest BCUT2D eigenvalue weighted by molar-refractivity contribution is 5.34. The van der Waals surface area contributed by atoms with Crippen molar-refractivity contribution in [3.8, 4) is 0 Å². The quantitative estimate of drug-likeness (QED) is 0.627. The SMILES string of the molecule is Cc1cccc(CCC(Cc2c(C)cccc2C)NN)c1. The smallest absolute Gasteiger partial charge is 0.0254 e. The van der Waals surface area contributed by atoms with E-state index in [-0.39, 0.29) is 0 Å². The second kappa shape index (κ2) is 7.39. The van der Waals surface area contributed by atoms with Gasteiger partial charge in [-0.15, -0.1) is 0 Å². The Morgan fingerprint density at radius 2 is 1.67 bits per heavy atom. The lowest BCUT2D eigenvalue weighted by Gasteiger charge is -2.19. The lowest BCUT2D eigenvalue weighted by Crippen LogP contribution is -2.37. The third-order valence-electron chi connectivity index (χ3n) is 4.19. The molecule has 2 heteroatoms. The average Bonchev–Trinajstić information content (AvgIpc) is 2.46. The van der Waals surface area contributed by atoms with Gasteiger partial charge in [0.25, 0.3) is 0 Å². The van der Waals surface area contributed by atoms with Crippen molar-refractivity contribution in [1.82, 2.24) is 5.43 Å². The first-order valence-electron chi connectivity index (χ1n) is 7.67. The fraction of sp³-hybridized carbons (Fsp3) is 0.368. The van der Waals surface area contributed by atoms with E-state index in [2.05, 4.69) is 68.7 Å². The molecule has 1 atom stereocenters. The first-order chi connectivity index (χ1) is 10.1. The summed E-state index contributed by atoms with van der Waals surface area (Å²) in [4.78, 5) is 0. The number of hydrogen-bond donors (Lipinski definition) is 2. The van der Waals surface area contributed by atoms with E-state index in [1.54, 1.807) is 0 Å². The molecule has 0 fully saturated rings. The summed E-state index contributed by atoms with van der Waals surface area (Å²) in [6.07, 6.45) is 3.09. The van der Waals surface area contributed by atoms with Gasteiger partial charge in [0.2, 0.25) is 0 Å². The molecule has 2 aromatic carbocycles. The summed E-state index contributed by atoms with van der Waals surface area (Å²) in [5.41, 5.74) is 9.82. The molecule has 0 saturated carbocycles. The Bertz CT molecular complexity index is 570. The van der Waals surface area contributed by atoms with Gasteiger partial charge in [-0.1, -0.05) is 48.0 Å². The van der Waals surface area contributed by atoms with Crippen molar-refractivity contribution in [1.29, 1.82) is 0 Å². The molecule has 0 aliphatic rings. The number of hydrogen-bond acceptors (Lipinski definition) is 2. The van der Waals surface area contributed by atoms with Crippen LogP contribution >= 0.6 is 0 Å². The second-order valence-electron chi connectivity index (χ2n) is 5.97. The molecular formula is C19H26N2. The maximum Gasteiger partial charge on any atom is 0.0254 e. The van der Waals surface area contributed by atoms with Gasteiger partial charge in [-0.2, -0.15) is 0 Å². The monoisotopic (exact) mass is 282 g/mol. The zero-order chi connectivity index (χ0) is 15.2. The molecule has 0 heterocycles. The van der Waals surface area contributed by atoms with Crippen LogP contribution in [0, 0.1) is 20.8 Å². The van der Waals surface area contributed by atoms with Crippen LogP contribution in [0.1, 0.15) is 34.2 Å². The Kier molecular flexibility index (Phi) is 5.54. The van der Waals surface area contributed by atoms with Crippen LogP contribution in [0.3, 0.4) is 0 Å².